The van der Waals surface area contributed by atoms with Gasteiger partial charge in [-0.05, 0) is 18.6 Å². The van der Waals surface area contributed by atoms with Crippen molar-refractivity contribution in [1.29, 1.82) is 0 Å². The summed E-state index contributed by atoms with van der Waals surface area (Å²) in [5.74, 6) is 2.07. The maximum Gasteiger partial charge on any atom is 0.315 e. The molecule has 8 heteroatoms. The Balaban J connectivity index is 1.33. The quantitative estimate of drug-likeness (QED) is 0.750. The number of aromatic nitrogens is 1. The molecule has 0 unspecified atom stereocenters. The number of aryl methyl sites for hydroxylation is 1. The second-order valence-electron chi connectivity index (χ2n) is 5.06. The molecule has 2 N–H and O–H groups in total. The Bertz CT molecular complexity index is 704. The van der Waals surface area contributed by atoms with Crippen LogP contribution in [0.25, 0.3) is 0 Å². The molecule has 1 aromatic heterocycles. The van der Waals surface area contributed by atoms with Crippen LogP contribution in [0.3, 0.4) is 0 Å². The SMILES string of the molecule is CCc1nc(CNC(=O)NCCOc2ccc3c(c2)OCO3)cs1. The lowest BCUT2D eigenvalue weighted by Gasteiger charge is -2.09. The zero-order chi connectivity index (χ0) is 16.8. The van der Waals surface area contributed by atoms with E-state index in [1.54, 1.807) is 29.5 Å². The molecule has 0 atom stereocenters. The number of carbonyl (C=O) groups is 1. The second-order valence-corrected chi connectivity index (χ2v) is 6.00. The molecule has 3 rings (SSSR count). The molecule has 128 valence electrons. The van der Waals surface area contributed by atoms with Crippen LogP contribution in [0.2, 0.25) is 0 Å². The third-order valence-electron chi connectivity index (χ3n) is 3.33. The van der Waals surface area contributed by atoms with Gasteiger partial charge in [-0.1, -0.05) is 6.92 Å². The lowest BCUT2D eigenvalue weighted by molar-refractivity contribution is 0.173. The van der Waals surface area contributed by atoms with Gasteiger partial charge in [0.2, 0.25) is 6.79 Å². The molecule has 0 radical (unpaired) electrons. The first kappa shape index (κ1) is 16.4. The number of rotatable bonds is 7. The summed E-state index contributed by atoms with van der Waals surface area (Å²) in [7, 11) is 0. The number of thiazole rings is 1. The van der Waals surface area contributed by atoms with E-state index in [0.29, 0.717) is 36.9 Å². The number of urea groups is 1. The van der Waals surface area contributed by atoms with Crippen LogP contribution >= 0.6 is 11.3 Å². The normalized spacial score (nSPS) is 12.0. The van der Waals surface area contributed by atoms with E-state index in [9.17, 15) is 4.79 Å². The zero-order valence-corrected chi connectivity index (χ0v) is 14.1. The van der Waals surface area contributed by atoms with Crippen molar-refractivity contribution in [2.75, 3.05) is 19.9 Å². The molecule has 1 aromatic carbocycles. The highest BCUT2D eigenvalue weighted by Gasteiger charge is 2.13. The molecule has 2 aromatic rings. The molecule has 0 saturated heterocycles. The van der Waals surface area contributed by atoms with E-state index in [1.165, 1.54) is 0 Å². The average Bonchev–Trinajstić information content (AvgIpc) is 3.25. The van der Waals surface area contributed by atoms with Gasteiger partial charge in [-0.25, -0.2) is 9.78 Å². The third-order valence-corrected chi connectivity index (χ3v) is 4.37. The minimum atomic E-state index is -0.240. The number of benzene rings is 1. The molecular formula is C16H19N3O4S. The molecule has 0 spiro atoms. The van der Waals surface area contributed by atoms with Crippen LogP contribution in [0.15, 0.2) is 23.6 Å². The number of fused-ring (bicyclic) bond motifs is 1. The Hall–Kier alpha value is -2.48. The number of carbonyl (C=O) groups excluding carboxylic acids is 1. The van der Waals surface area contributed by atoms with Gasteiger partial charge in [-0.3, -0.25) is 0 Å². The van der Waals surface area contributed by atoms with Crippen LogP contribution in [0.1, 0.15) is 17.6 Å². The summed E-state index contributed by atoms with van der Waals surface area (Å²) >= 11 is 1.61. The van der Waals surface area contributed by atoms with Crippen LogP contribution in [0.5, 0.6) is 17.2 Å². The second kappa shape index (κ2) is 7.87. The smallest absolute Gasteiger partial charge is 0.315 e. The number of amides is 2. The molecule has 2 amide bonds. The lowest BCUT2D eigenvalue weighted by Crippen LogP contribution is -2.37. The summed E-state index contributed by atoms with van der Waals surface area (Å²) in [6.45, 7) is 3.48. The van der Waals surface area contributed by atoms with E-state index in [1.807, 2.05) is 5.38 Å². The molecule has 2 heterocycles. The minimum absolute atomic E-state index is 0.235. The average molecular weight is 349 g/mol. The van der Waals surface area contributed by atoms with Gasteiger partial charge in [0, 0.05) is 11.4 Å². The number of ether oxygens (including phenoxy) is 3. The highest BCUT2D eigenvalue weighted by molar-refractivity contribution is 7.09. The summed E-state index contributed by atoms with van der Waals surface area (Å²) in [6.07, 6.45) is 0.911. The summed E-state index contributed by atoms with van der Waals surface area (Å²) < 4.78 is 16.1. The van der Waals surface area contributed by atoms with Crippen molar-refractivity contribution >= 4 is 17.4 Å². The van der Waals surface area contributed by atoms with Crippen LogP contribution in [-0.2, 0) is 13.0 Å². The van der Waals surface area contributed by atoms with Crippen LogP contribution < -0.4 is 24.8 Å². The van der Waals surface area contributed by atoms with Gasteiger partial charge in [-0.2, -0.15) is 0 Å². The lowest BCUT2D eigenvalue weighted by atomic mass is 10.3. The zero-order valence-electron chi connectivity index (χ0n) is 13.3. The predicted octanol–water partition coefficient (Wildman–Crippen LogP) is 2.31. The maximum absolute atomic E-state index is 11.7. The molecule has 1 aliphatic rings. The van der Waals surface area contributed by atoms with E-state index in [-0.39, 0.29) is 12.8 Å². The molecule has 0 saturated carbocycles. The van der Waals surface area contributed by atoms with Gasteiger partial charge in [0.25, 0.3) is 0 Å². The van der Waals surface area contributed by atoms with Crippen LogP contribution in [0.4, 0.5) is 4.79 Å². The summed E-state index contributed by atoms with van der Waals surface area (Å²) in [5, 5.41) is 8.55. The number of nitrogens with zero attached hydrogens (tertiary/aromatic N) is 1. The van der Waals surface area contributed by atoms with Gasteiger partial charge < -0.3 is 24.8 Å². The van der Waals surface area contributed by atoms with Gasteiger partial charge in [0.1, 0.15) is 12.4 Å². The van der Waals surface area contributed by atoms with Crippen molar-refractivity contribution in [2.24, 2.45) is 0 Å². The Labute approximate surface area is 143 Å². The van der Waals surface area contributed by atoms with Crippen molar-refractivity contribution < 1.29 is 19.0 Å². The standard InChI is InChI=1S/C16H19N3O4S/c1-2-15-19-11(9-24-15)8-18-16(20)17-5-6-21-12-3-4-13-14(7-12)23-10-22-13/h3-4,7,9H,2,5-6,8,10H2,1H3,(H2,17,18,20). The fraction of sp³-hybridized carbons (Fsp3) is 0.375. The van der Waals surface area contributed by atoms with Crippen LogP contribution in [0, 0.1) is 0 Å². The van der Waals surface area contributed by atoms with E-state index in [4.69, 9.17) is 14.2 Å². The predicted molar refractivity (Wildman–Crippen MR) is 89.8 cm³/mol. The summed E-state index contributed by atoms with van der Waals surface area (Å²) in [6, 6.07) is 5.14. The molecule has 1 aliphatic heterocycles. The molecule has 0 aliphatic carbocycles. The molecule has 0 fully saturated rings. The minimum Gasteiger partial charge on any atom is -0.492 e. The summed E-state index contributed by atoms with van der Waals surface area (Å²) in [5.41, 5.74) is 0.878. The number of nitrogens with one attached hydrogen (secondary N) is 2. The molecule has 24 heavy (non-hydrogen) atoms. The highest BCUT2D eigenvalue weighted by atomic mass is 32.1. The Kier molecular flexibility index (Phi) is 5.37. The van der Waals surface area contributed by atoms with Crippen molar-refractivity contribution in [1.82, 2.24) is 15.6 Å². The van der Waals surface area contributed by atoms with Gasteiger partial charge in [-0.15, -0.1) is 11.3 Å². The van der Waals surface area contributed by atoms with E-state index in [0.717, 1.165) is 17.1 Å². The molecule has 7 nitrogen and oxygen atoms in total. The van der Waals surface area contributed by atoms with Gasteiger partial charge in [0.15, 0.2) is 11.5 Å². The van der Waals surface area contributed by atoms with Gasteiger partial charge >= 0.3 is 6.03 Å². The largest absolute Gasteiger partial charge is 0.492 e. The van der Waals surface area contributed by atoms with E-state index < -0.39 is 0 Å². The van der Waals surface area contributed by atoms with Crippen LogP contribution in [-0.4, -0.2) is 31.0 Å². The first-order valence-corrected chi connectivity index (χ1v) is 8.60. The number of hydrogen-bond acceptors (Lipinski definition) is 6. The van der Waals surface area contributed by atoms with Crippen molar-refractivity contribution in [3.63, 3.8) is 0 Å². The van der Waals surface area contributed by atoms with Crippen molar-refractivity contribution in [2.45, 2.75) is 19.9 Å². The van der Waals surface area contributed by atoms with E-state index >= 15 is 0 Å². The summed E-state index contributed by atoms with van der Waals surface area (Å²) in [4.78, 5) is 16.1. The third kappa shape index (κ3) is 4.29. The topological polar surface area (TPSA) is 81.7 Å². The Morgan fingerprint density at radius 1 is 1.33 bits per heavy atom. The monoisotopic (exact) mass is 349 g/mol. The fourth-order valence-corrected chi connectivity index (χ4v) is 2.87. The maximum atomic E-state index is 11.7. The fourth-order valence-electron chi connectivity index (χ4n) is 2.13. The molecule has 0 bridgehead atoms. The van der Waals surface area contributed by atoms with Crippen molar-refractivity contribution in [3.8, 4) is 17.2 Å². The number of hydrogen-bond donors (Lipinski definition) is 2. The Morgan fingerprint density at radius 3 is 3.04 bits per heavy atom. The molecular weight excluding hydrogens is 330 g/mol. The highest BCUT2D eigenvalue weighted by Crippen LogP contribution is 2.34. The Morgan fingerprint density at radius 2 is 2.21 bits per heavy atom. The van der Waals surface area contributed by atoms with Crippen molar-refractivity contribution in [3.05, 3.63) is 34.3 Å². The first-order valence-electron chi connectivity index (χ1n) is 7.72. The van der Waals surface area contributed by atoms with E-state index in [2.05, 4.69) is 22.5 Å². The van der Waals surface area contributed by atoms with Gasteiger partial charge in [0.05, 0.1) is 23.8 Å². The first-order chi connectivity index (χ1) is 11.7.